The molecule has 1 radical (unpaired) electrons. The van der Waals surface area contributed by atoms with Gasteiger partial charge in [0.05, 0.1) is 6.04 Å². The lowest BCUT2D eigenvalue weighted by Gasteiger charge is -2.13. The highest BCUT2D eigenvalue weighted by atomic mass is 16.2. The number of amides is 1. The molecule has 0 aliphatic carbocycles. The number of rotatable bonds is 9. The standard InChI is InChI=1S/C12H23N2O2/c1-10(2)9-11(13)12(16)14-7-5-3-4-6-8-15/h10-11H,3-7,9,13H2,1-2H3,(H,14,16)/t11-/m0/s1. The van der Waals surface area contributed by atoms with Crippen LogP contribution >= 0.6 is 0 Å². The number of hydrogen-bond acceptors (Lipinski definition) is 3. The monoisotopic (exact) mass is 227 g/mol. The molecule has 4 heteroatoms. The zero-order valence-corrected chi connectivity index (χ0v) is 10.3. The van der Waals surface area contributed by atoms with Crippen molar-refractivity contribution < 1.29 is 9.59 Å². The average molecular weight is 227 g/mol. The second-order valence-electron chi connectivity index (χ2n) is 4.48. The summed E-state index contributed by atoms with van der Waals surface area (Å²) in [5, 5.41) is 2.80. The van der Waals surface area contributed by atoms with Crippen molar-refractivity contribution in [1.82, 2.24) is 5.32 Å². The Morgan fingerprint density at radius 2 is 2.00 bits per heavy atom. The predicted octanol–water partition coefficient (Wildman–Crippen LogP) is 1.15. The highest BCUT2D eigenvalue weighted by Gasteiger charge is 2.13. The third-order valence-electron chi connectivity index (χ3n) is 2.32. The van der Waals surface area contributed by atoms with Crippen LogP contribution < -0.4 is 11.1 Å². The summed E-state index contributed by atoms with van der Waals surface area (Å²) in [6, 6.07) is -0.400. The molecule has 0 saturated heterocycles. The van der Waals surface area contributed by atoms with Crippen molar-refractivity contribution in [1.29, 1.82) is 0 Å². The van der Waals surface area contributed by atoms with Crippen LogP contribution in [0.1, 0.15) is 46.0 Å². The largest absolute Gasteiger partial charge is 0.355 e. The fourth-order valence-corrected chi connectivity index (χ4v) is 1.46. The molecule has 0 aromatic rings. The molecule has 0 aromatic carbocycles. The Bertz CT molecular complexity index is 205. The van der Waals surface area contributed by atoms with Gasteiger partial charge in [-0.3, -0.25) is 9.59 Å². The normalized spacial score (nSPS) is 12.5. The fraction of sp³-hybridized carbons (Fsp3) is 0.833. The molecule has 0 bridgehead atoms. The third-order valence-corrected chi connectivity index (χ3v) is 2.32. The van der Waals surface area contributed by atoms with Crippen LogP contribution in [0.15, 0.2) is 0 Å². The Kier molecular flexibility index (Phi) is 8.81. The lowest BCUT2D eigenvalue weighted by atomic mass is 10.0. The highest BCUT2D eigenvalue weighted by molar-refractivity contribution is 5.81. The SMILES string of the molecule is CC(C)C[C@H](N)C(=O)NCCCCC[C]=O. The first-order valence-corrected chi connectivity index (χ1v) is 5.96. The van der Waals surface area contributed by atoms with Crippen LogP contribution in [-0.2, 0) is 9.59 Å². The van der Waals surface area contributed by atoms with E-state index in [2.05, 4.69) is 5.32 Å². The van der Waals surface area contributed by atoms with Gasteiger partial charge in [0.1, 0.15) is 0 Å². The first-order valence-electron chi connectivity index (χ1n) is 5.96. The number of hydrogen-bond donors (Lipinski definition) is 2. The molecule has 93 valence electrons. The zero-order chi connectivity index (χ0) is 12.4. The fourth-order valence-electron chi connectivity index (χ4n) is 1.46. The average Bonchev–Trinajstić information content (AvgIpc) is 2.21. The molecule has 0 saturated carbocycles. The summed E-state index contributed by atoms with van der Waals surface area (Å²) in [5.41, 5.74) is 5.72. The molecule has 0 spiro atoms. The van der Waals surface area contributed by atoms with E-state index in [1.807, 2.05) is 20.1 Å². The number of nitrogens with one attached hydrogen (secondary N) is 1. The molecule has 0 unspecified atom stereocenters. The minimum Gasteiger partial charge on any atom is -0.355 e. The van der Waals surface area contributed by atoms with Crippen molar-refractivity contribution in [2.24, 2.45) is 11.7 Å². The van der Waals surface area contributed by atoms with Crippen molar-refractivity contribution in [3.63, 3.8) is 0 Å². The minimum atomic E-state index is -0.400. The number of unbranched alkanes of at least 4 members (excludes halogenated alkanes) is 3. The van der Waals surface area contributed by atoms with Gasteiger partial charge in [-0.1, -0.05) is 20.3 Å². The molecule has 1 amide bonds. The minimum absolute atomic E-state index is 0.0735. The Balaban J connectivity index is 3.46. The van der Waals surface area contributed by atoms with E-state index in [1.165, 1.54) is 0 Å². The van der Waals surface area contributed by atoms with E-state index >= 15 is 0 Å². The Morgan fingerprint density at radius 1 is 1.31 bits per heavy atom. The van der Waals surface area contributed by atoms with E-state index in [9.17, 15) is 9.59 Å². The van der Waals surface area contributed by atoms with E-state index in [0.29, 0.717) is 25.3 Å². The van der Waals surface area contributed by atoms with Gasteiger partial charge in [0.2, 0.25) is 5.91 Å². The molecule has 0 rings (SSSR count). The summed E-state index contributed by atoms with van der Waals surface area (Å²) in [4.78, 5) is 21.4. The van der Waals surface area contributed by atoms with Crippen molar-refractivity contribution in [2.75, 3.05) is 6.54 Å². The zero-order valence-electron chi connectivity index (χ0n) is 10.3. The van der Waals surface area contributed by atoms with Crippen molar-refractivity contribution in [3.05, 3.63) is 0 Å². The summed E-state index contributed by atoms with van der Waals surface area (Å²) >= 11 is 0. The first kappa shape index (κ1) is 15.1. The molecule has 1 atom stereocenters. The summed E-state index contributed by atoms with van der Waals surface area (Å²) in [5.74, 6) is 0.361. The van der Waals surface area contributed by atoms with Gasteiger partial charge < -0.3 is 11.1 Å². The maximum absolute atomic E-state index is 11.5. The second-order valence-corrected chi connectivity index (χ2v) is 4.48. The van der Waals surface area contributed by atoms with Crippen molar-refractivity contribution in [3.8, 4) is 0 Å². The molecule has 4 nitrogen and oxygen atoms in total. The molecule has 3 N–H and O–H groups in total. The summed E-state index contributed by atoms with van der Waals surface area (Å²) in [7, 11) is 0. The van der Waals surface area contributed by atoms with Gasteiger partial charge in [-0.15, -0.1) is 0 Å². The van der Waals surface area contributed by atoms with E-state index in [-0.39, 0.29) is 5.91 Å². The van der Waals surface area contributed by atoms with Gasteiger partial charge >= 0.3 is 0 Å². The first-order chi connectivity index (χ1) is 7.57. The molecular formula is C12H23N2O2. The molecule has 0 aromatic heterocycles. The van der Waals surface area contributed by atoms with Crippen molar-refractivity contribution >= 4 is 12.2 Å². The Morgan fingerprint density at radius 3 is 2.56 bits per heavy atom. The van der Waals surface area contributed by atoms with Gasteiger partial charge in [-0.25, -0.2) is 0 Å². The van der Waals surface area contributed by atoms with E-state index in [4.69, 9.17) is 5.73 Å². The van der Waals surface area contributed by atoms with Gasteiger partial charge in [0.25, 0.3) is 0 Å². The quantitative estimate of drug-likeness (QED) is 0.580. The second kappa shape index (κ2) is 9.33. The molecule has 0 fully saturated rings. The van der Waals surface area contributed by atoms with Crippen LogP contribution in [0.2, 0.25) is 0 Å². The van der Waals surface area contributed by atoms with E-state index < -0.39 is 6.04 Å². The molecule has 0 heterocycles. The lowest BCUT2D eigenvalue weighted by Crippen LogP contribution is -2.41. The molecule has 0 aliphatic heterocycles. The van der Waals surface area contributed by atoms with Crippen molar-refractivity contribution in [2.45, 2.75) is 52.0 Å². The van der Waals surface area contributed by atoms with Gasteiger partial charge in [-0.05, 0) is 25.2 Å². The van der Waals surface area contributed by atoms with E-state index in [1.54, 1.807) is 0 Å². The summed E-state index contributed by atoms with van der Waals surface area (Å²) < 4.78 is 0. The van der Waals surface area contributed by atoms with Gasteiger partial charge in [0, 0.05) is 13.0 Å². The maximum Gasteiger partial charge on any atom is 0.236 e. The van der Waals surface area contributed by atoms with Gasteiger partial charge in [0.15, 0.2) is 6.29 Å². The number of carbonyl (C=O) groups is 1. The number of carbonyl (C=O) groups excluding carboxylic acids is 2. The van der Waals surface area contributed by atoms with Crippen LogP contribution in [0.25, 0.3) is 0 Å². The topological polar surface area (TPSA) is 72.2 Å². The predicted molar refractivity (Wildman–Crippen MR) is 64.6 cm³/mol. The van der Waals surface area contributed by atoms with E-state index in [0.717, 1.165) is 19.3 Å². The summed E-state index contributed by atoms with van der Waals surface area (Å²) in [6.07, 6.45) is 5.73. The van der Waals surface area contributed by atoms with Crippen LogP contribution in [0.4, 0.5) is 0 Å². The van der Waals surface area contributed by atoms with Crippen LogP contribution in [0.3, 0.4) is 0 Å². The Hall–Kier alpha value is -0.900. The molecule has 0 aliphatic rings. The van der Waals surface area contributed by atoms with Crippen LogP contribution in [-0.4, -0.2) is 24.8 Å². The Labute approximate surface area is 98.0 Å². The van der Waals surface area contributed by atoms with Gasteiger partial charge in [-0.2, -0.15) is 0 Å². The number of nitrogens with two attached hydrogens (primary N) is 1. The highest BCUT2D eigenvalue weighted by Crippen LogP contribution is 2.02. The van der Waals surface area contributed by atoms with Crippen LogP contribution in [0.5, 0.6) is 0 Å². The van der Waals surface area contributed by atoms with Crippen LogP contribution in [0, 0.1) is 5.92 Å². The third kappa shape index (κ3) is 8.41. The molecular weight excluding hydrogens is 204 g/mol. The summed E-state index contributed by atoms with van der Waals surface area (Å²) in [6.45, 7) is 4.73. The smallest absolute Gasteiger partial charge is 0.236 e. The molecule has 16 heavy (non-hydrogen) atoms. The maximum atomic E-state index is 11.5. The lowest BCUT2D eigenvalue weighted by molar-refractivity contribution is -0.122.